The summed E-state index contributed by atoms with van der Waals surface area (Å²) in [6, 6.07) is 4.37. The quantitative estimate of drug-likeness (QED) is 0.833. The molecule has 128 valence electrons. The number of hydrogen-bond donors (Lipinski definition) is 0. The van der Waals surface area contributed by atoms with Crippen molar-refractivity contribution in [2.75, 3.05) is 33.2 Å². The fourth-order valence-corrected chi connectivity index (χ4v) is 3.18. The van der Waals surface area contributed by atoms with Gasteiger partial charge in [0.25, 0.3) is 5.91 Å². The van der Waals surface area contributed by atoms with E-state index in [-0.39, 0.29) is 27.8 Å². The number of amides is 1. The monoisotopic (exact) mass is 351 g/mol. The van der Waals surface area contributed by atoms with Crippen LogP contribution in [-0.2, 0) is 0 Å². The van der Waals surface area contributed by atoms with E-state index in [4.69, 9.17) is 16.1 Å². The van der Waals surface area contributed by atoms with Gasteiger partial charge in [-0.2, -0.15) is 0 Å². The smallest absolute Gasteiger partial charge is 0.259 e. The van der Waals surface area contributed by atoms with Crippen LogP contribution in [0, 0.1) is 12.7 Å². The van der Waals surface area contributed by atoms with Crippen molar-refractivity contribution in [3.05, 3.63) is 40.4 Å². The number of likely N-dealkylation sites (N-methyl/N-ethyl adjacent to an activating group) is 1. The van der Waals surface area contributed by atoms with Gasteiger partial charge in [-0.1, -0.05) is 22.8 Å². The Labute approximate surface area is 145 Å². The second-order valence-corrected chi connectivity index (χ2v) is 6.42. The molecule has 1 aliphatic rings. The van der Waals surface area contributed by atoms with E-state index >= 15 is 0 Å². The Morgan fingerprint density at radius 1 is 1.29 bits per heavy atom. The number of hydrogen-bond acceptors (Lipinski definition) is 4. The molecule has 0 unspecified atom stereocenters. The lowest BCUT2D eigenvalue weighted by Crippen LogP contribution is -2.35. The Hall–Kier alpha value is -1.92. The highest BCUT2D eigenvalue weighted by atomic mass is 35.5. The fraction of sp³-hybridized carbons (Fsp3) is 0.412. The highest BCUT2D eigenvalue weighted by Crippen LogP contribution is 2.34. The van der Waals surface area contributed by atoms with Gasteiger partial charge in [0.1, 0.15) is 22.8 Å². The molecule has 1 saturated heterocycles. The highest BCUT2D eigenvalue weighted by Gasteiger charge is 2.29. The van der Waals surface area contributed by atoms with Crippen molar-refractivity contribution in [3.8, 4) is 11.3 Å². The molecule has 0 bridgehead atoms. The molecule has 24 heavy (non-hydrogen) atoms. The molecule has 1 aromatic heterocycles. The summed E-state index contributed by atoms with van der Waals surface area (Å²) in [6.45, 7) is 4.66. The summed E-state index contributed by atoms with van der Waals surface area (Å²) >= 11 is 6.13. The average Bonchev–Trinajstić information content (AvgIpc) is 2.77. The number of rotatable bonds is 2. The Kier molecular flexibility index (Phi) is 4.87. The predicted octanol–water partition coefficient (Wildman–Crippen LogP) is 3.22. The highest BCUT2D eigenvalue weighted by molar-refractivity contribution is 6.33. The standard InChI is InChI=1S/C17H19ClFN3O2/c1-11-14(17(23)22-8-4-7-21(2)9-10-22)16(20-24-11)15-12(18)5-3-6-13(15)19/h3,5-6H,4,7-10H2,1-2H3. The van der Waals surface area contributed by atoms with Crippen LogP contribution in [0.15, 0.2) is 22.7 Å². The minimum absolute atomic E-state index is 0.103. The number of carbonyl (C=O) groups is 1. The third-order valence-corrected chi connectivity index (χ3v) is 4.60. The molecule has 1 fully saturated rings. The maximum atomic E-state index is 14.2. The van der Waals surface area contributed by atoms with Gasteiger partial charge in [0.2, 0.25) is 0 Å². The molecule has 3 rings (SSSR count). The Bertz CT molecular complexity index is 742. The van der Waals surface area contributed by atoms with Crippen molar-refractivity contribution in [1.29, 1.82) is 0 Å². The summed E-state index contributed by atoms with van der Waals surface area (Å²) in [5.74, 6) is -0.356. The van der Waals surface area contributed by atoms with E-state index in [2.05, 4.69) is 10.1 Å². The summed E-state index contributed by atoms with van der Waals surface area (Å²) in [4.78, 5) is 16.9. The van der Waals surface area contributed by atoms with Crippen LogP contribution in [0.4, 0.5) is 4.39 Å². The molecule has 7 heteroatoms. The summed E-state index contributed by atoms with van der Waals surface area (Å²) in [5, 5.41) is 4.11. The second-order valence-electron chi connectivity index (χ2n) is 6.01. The molecule has 0 spiro atoms. The molecule has 0 saturated carbocycles. The average molecular weight is 352 g/mol. The molecule has 0 aliphatic carbocycles. The third-order valence-electron chi connectivity index (χ3n) is 4.28. The molecule has 1 aliphatic heterocycles. The van der Waals surface area contributed by atoms with Crippen LogP contribution in [0.25, 0.3) is 11.3 Å². The summed E-state index contributed by atoms with van der Waals surface area (Å²) < 4.78 is 19.4. The molecule has 1 amide bonds. The Morgan fingerprint density at radius 3 is 2.83 bits per heavy atom. The lowest BCUT2D eigenvalue weighted by Gasteiger charge is -2.20. The lowest BCUT2D eigenvalue weighted by molar-refractivity contribution is 0.0761. The van der Waals surface area contributed by atoms with Gasteiger partial charge < -0.3 is 14.3 Å². The maximum absolute atomic E-state index is 14.2. The number of aryl methyl sites for hydroxylation is 1. The first-order chi connectivity index (χ1) is 11.5. The number of benzene rings is 1. The molecular weight excluding hydrogens is 333 g/mol. The zero-order valence-electron chi connectivity index (χ0n) is 13.7. The minimum Gasteiger partial charge on any atom is -0.360 e. The van der Waals surface area contributed by atoms with Gasteiger partial charge in [-0.3, -0.25) is 4.79 Å². The van der Waals surface area contributed by atoms with Crippen molar-refractivity contribution in [3.63, 3.8) is 0 Å². The molecular formula is C17H19ClFN3O2. The first-order valence-corrected chi connectivity index (χ1v) is 8.25. The molecule has 0 atom stereocenters. The molecule has 5 nitrogen and oxygen atoms in total. The Balaban J connectivity index is 2.00. The van der Waals surface area contributed by atoms with Crippen LogP contribution < -0.4 is 0 Å². The number of aromatic nitrogens is 1. The van der Waals surface area contributed by atoms with Crippen LogP contribution in [0.2, 0.25) is 5.02 Å². The van der Waals surface area contributed by atoms with Crippen molar-refractivity contribution in [2.24, 2.45) is 0 Å². The number of nitrogens with zero attached hydrogens (tertiary/aromatic N) is 3. The molecule has 2 aromatic rings. The number of carbonyl (C=O) groups excluding carboxylic acids is 1. The summed E-state index contributed by atoms with van der Waals surface area (Å²) in [7, 11) is 2.03. The van der Waals surface area contributed by atoms with Gasteiger partial charge in [0.15, 0.2) is 0 Å². The third kappa shape index (κ3) is 3.16. The van der Waals surface area contributed by atoms with Crippen molar-refractivity contribution >= 4 is 17.5 Å². The number of halogens is 2. The molecule has 1 aromatic carbocycles. The van der Waals surface area contributed by atoms with E-state index in [1.165, 1.54) is 12.1 Å². The van der Waals surface area contributed by atoms with E-state index in [1.807, 2.05) is 7.05 Å². The van der Waals surface area contributed by atoms with Gasteiger partial charge in [-0.05, 0) is 39.1 Å². The first kappa shape index (κ1) is 16.9. The lowest BCUT2D eigenvalue weighted by atomic mass is 10.0. The van der Waals surface area contributed by atoms with Crippen LogP contribution in [0.5, 0.6) is 0 Å². The first-order valence-electron chi connectivity index (χ1n) is 7.87. The topological polar surface area (TPSA) is 49.6 Å². The van der Waals surface area contributed by atoms with Gasteiger partial charge >= 0.3 is 0 Å². The Morgan fingerprint density at radius 2 is 2.08 bits per heavy atom. The van der Waals surface area contributed by atoms with Crippen LogP contribution in [0.1, 0.15) is 22.5 Å². The maximum Gasteiger partial charge on any atom is 0.259 e. The van der Waals surface area contributed by atoms with E-state index in [9.17, 15) is 9.18 Å². The normalized spacial score (nSPS) is 16.2. The van der Waals surface area contributed by atoms with E-state index in [1.54, 1.807) is 17.9 Å². The SMILES string of the molecule is Cc1onc(-c2c(F)cccc2Cl)c1C(=O)N1CCCN(C)CC1. The zero-order chi connectivity index (χ0) is 17.3. The summed E-state index contributed by atoms with van der Waals surface area (Å²) in [5.41, 5.74) is 0.552. The van der Waals surface area contributed by atoms with Crippen molar-refractivity contribution < 1.29 is 13.7 Å². The largest absolute Gasteiger partial charge is 0.360 e. The van der Waals surface area contributed by atoms with E-state index in [0.29, 0.717) is 18.8 Å². The van der Waals surface area contributed by atoms with Gasteiger partial charge in [0.05, 0.1) is 10.6 Å². The van der Waals surface area contributed by atoms with Crippen molar-refractivity contribution in [2.45, 2.75) is 13.3 Å². The van der Waals surface area contributed by atoms with Gasteiger partial charge in [0, 0.05) is 19.6 Å². The van der Waals surface area contributed by atoms with Gasteiger partial charge in [-0.25, -0.2) is 4.39 Å². The fourth-order valence-electron chi connectivity index (χ4n) is 2.93. The predicted molar refractivity (Wildman–Crippen MR) is 89.7 cm³/mol. The molecule has 2 heterocycles. The van der Waals surface area contributed by atoms with E-state index in [0.717, 1.165) is 19.5 Å². The molecule has 0 radical (unpaired) electrons. The molecule has 0 N–H and O–H groups in total. The van der Waals surface area contributed by atoms with Crippen LogP contribution in [-0.4, -0.2) is 54.1 Å². The summed E-state index contributed by atoms with van der Waals surface area (Å²) in [6.07, 6.45) is 0.891. The van der Waals surface area contributed by atoms with Crippen LogP contribution >= 0.6 is 11.6 Å². The second kappa shape index (κ2) is 6.91. The zero-order valence-corrected chi connectivity index (χ0v) is 14.4. The minimum atomic E-state index is -0.527. The van der Waals surface area contributed by atoms with Crippen molar-refractivity contribution in [1.82, 2.24) is 15.0 Å². The van der Waals surface area contributed by atoms with Crippen LogP contribution in [0.3, 0.4) is 0 Å². The van der Waals surface area contributed by atoms with E-state index < -0.39 is 5.82 Å². The van der Waals surface area contributed by atoms with Gasteiger partial charge in [-0.15, -0.1) is 0 Å².